The SMILES string of the molecule is Cc1cc(S(=O)(=O)O)c2c(C)ccc(C(C)C)cc1-2.NC(=O)CC[C@H](N)C(=O)O. The molecule has 1 amide bonds. The molecule has 160 valence electrons. The summed E-state index contributed by atoms with van der Waals surface area (Å²) in [5, 5.41) is 8.22. The van der Waals surface area contributed by atoms with Crippen molar-refractivity contribution in [3.05, 3.63) is 41.0 Å². The van der Waals surface area contributed by atoms with Gasteiger partial charge in [-0.1, -0.05) is 32.0 Å². The molecule has 0 bridgehead atoms. The van der Waals surface area contributed by atoms with E-state index in [-0.39, 0.29) is 17.7 Å². The molecule has 0 fully saturated rings. The Labute approximate surface area is 171 Å². The van der Waals surface area contributed by atoms with Crippen molar-refractivity contribution in [2.75, 3.05) is 0 Å². The van der Waals surface area contributed by atoms with Gasteiger partial charge in [0.05, 0.1) is 0 Å². The van der Waals surface area contributed by atoms with Crippen molar-refractivity contribution in [2.24, 2.45) is 11.5 Å². The summed E-state index contributed by atoms with van der Waals surface area (Å²) in [5.74, 6) is -1.28. The molecule has 2 aliphatic carbocycles. The first-order valence-corrected chi connectivity index (χ1v) is 10.5. The highest BCUT2D eigenvalue weighted by molar-refractivity contribution is 7.86. The number of fused-ring (bicyclic) bond motifs is 1. The molecule has 0 radical (unpaired) electrons. The van der Waals surface area contributed by atoms with E-state index in [0.717, 1.165) is 22.3 Å². The monoisotopic (exact) mass is 424 g/mol. The van der Waals surface area contributed by atoms with Crippen molar-refractivity contribution >= 4 is 22.0 Å². The van der Waals surface area contributed by atoms with Gasteiger partial charge >= 0.3 is 5.97 Å². The molecule has 0 aromatic heterocycles. The number of rotatable bonds is 6. The van der Waals surface area contributed by atoms with Crippen LogP contribution in [0.3, 0.4) is 0 Å². The van der Waals surface area contributed by atoms with Crippen LogP contribution < -0.4 is 11.5 Å². The third kappa shape index (κ3) is 6.81. The van der Waals surface area contributed by atoms with Crippen LogP contribution in [0.15, 0.2) is 29.2 Å². The van der Waals surface area contributed by atoms with Gasteiger partial charge in [0.1, 0.15) is 10.9 Å². The van der Waals surface area contributed by atoms with Crippen LogP contribution in [0.2, 0.25) is 0 Å². The Hall–Kier alpha value is -2.49. The van der Waals surface area contributed by atoms with Crippen LogP contribution in [-0.2, 0) is 19.7 Å². The van der Waals surface area contributed by atoms with E-state index in [1.165, 1.54) is 6.07 Å². The van der Waals surface area contributed by atoms with Crippen molar-refractivity contribution in [2.45, 2.75) is 57.4 Å². The fourth-order valence-electron chi connectivity index (χ4n) is 2.77. The molecule has 0 aliphatic heterocycles. The lowest BCUT2D eigenvalue weighted by Gasteiger charge is -2.04. The zero-order valence-electron chi connectivity index (χ0n) is 17.0. The second kappa shape index (κ2) is 9.82. The van der Waals surface area contributed by atoms with Gasteiger partial charge in [-0.3, -0.25) is 14.1 Å². The van der Waals surface area contributed by atoms with Crippen LogP contribution in [0.1, 0.15) is 49.3 Å². The third-order valence-electron chi connectivity index (χ3n) is 4.48. The summed E-state index contributed by atoms with van der Waals surface area (Å²) in [7, 11) is -4.19. The van der Waals surface area contributed by atoms with Gasteiger partial charge in [0, 0.05) is 12.0 Å². The van der Waals surface area contributed by atoms with Crippen LogP contribution in [0.25, 0.3) is 11.1 Å². The highest BCUT2D eigenvalue weighted by Crippen LogP contribution is 2.38. The zero-order valence-corrected chi connectivity index (χ0v) is 17.8. The molecule has 0 aromatic rings. The number of carboxylic acids is 1. The summed E-state index contributed by atoms with van der Waals surface area (Å²) >= 11 is 0. The van der Waals surface area contributed by atoms with Gasteiger partial charge < -0.3 is 16.6 Å². The largest absolute Gasteiger partial charge is 0.480 e. The highest BCUT2D eigenvalue weighted by Gasteiger charge is 2.23. The Bertz CT molecular complexity index is 969. The maximum Gasteiger partial charge on any atom is 0.320 e. The Morgan fingerprint density at radius 1 is 1.10 bits per heavy atom. The van der Waals surface area contributed by atoms with Crippen LogP contribution in [-0.4, -0.2) is 36.0 Å². The summed E-state index contributed by atoms with van der Waals surface area (Å²) in [6, 6.07) is 6.49. The zero-order chi connectivity index (χ0) is 22.5. The summed E-state index contributed by atoms with van der Waals surface area (Å²) in [6.45, 7) is 7.91. The predicted octanol–water partition coefficient (Wildman–Crippen LogP) is 2.44. The molecular formula is C20H28N2O6S. The molecule has 0 saturated carbocycles. The van der Waals surface area contributed by atoms with Crippen LogP contribution in [0.4, 0.5) is 0 Å². The molecule has 9 heteroatoms. The van der Waals surface area contributed by atoms with Gasteiger partial charge in [-0.15, -0.1) is 0 Å². The van der Waals surface area contributed by atoms with Crippen molar-refractivity contribution in [1.29, 1.82) is 0 Å². The molecule has 0 saturated heterocycles. The van der Waals surface area contributed by atoms with E-state index in [4.69, 9.17) is 16.6 Å². The number of carbonyl (C=O) groups excluding carboxylic acids is 1. The molecule has 0 spiro atoms. The Morgan fingerprint density at radius 3 is 2.14 bits per heavy atom. The number of aryl methyl sites for hydroxylation is 2. The van der Waals surface area contributed by atoms with E-state index in [9.17, 15) is 22.6 Å². The number of nitrogens with two attached hydrogens (primary N) is 2. The number of carbonyl (C=O) groups is 2. The minimum atomic E-state index is -4.19. The van der Waals surface area contributed by atoms with Gasteiger partial charge in [0.2, 0.25) is 5.91 Å². The third-order valence-corrected chi connectivity index (χ3v) is 5.36. The maximum atomic E-state index is 11.5. The van der Waals surface area contributed by atoms with Crippen molar-refractivity contribution < 1.29 is 27.7 Å². The number of amides is 1. The predicted molar refractivity (Wildman–Crippen MR) is 110 cm³/mol. The molecule has 2 rings (SSSR count). The average molecular weight is 425 g/mol. The van der Waals surface area contributed by atoms with E-state index in [0.29, 0.717) is 11.5 Å². The standard InChI is InChI=1S/C15H18O3S.C5H10N2O3/c1-9(2)12-6-5-10(3)15-13(8-12)11(4)7-14(15)19(16,17)18;6-3(5(9)10)1-2-4(7)8/h5-9H,1-4H3,(H,16,17,18);3H,1-2,6H2,(H2,7,8)(H,9,10)/t;3-/m.0/s1. The molecule has 0 aromatic carbocycles. The molecular weight excluding hydrogens is 396 g/mol. The van der Waals surface area contributed by atoms with E-state index in [1.807, 2.05) is 32.0 Å². The molecule has 29 heavy (non-hydrogen) atoms. The summed E-state index contributed by atoms with van der Waals surface area (Å²) < 4.78 is 32.3. The lowest BCUT2D eigenvalue weighted by atomic mass is 10.0. The lowest BCUT2D eigenvalue weighted by Crippen LogP contribution is -2.31. The molecule has 1 atom stereocenters. The Kier molecular flexibility index (Phi) is 8.31. The summed E-state index contributed by atoms with van der Waals surface area (Å²) in [5.41, 5.74) is 14.2. The summed E-state index contributed by atoms with van der Waals surface area (Å²) in [6.07, 6.45) is 0.123. The number of aliphatic carboxylic acids is 1. The van der Waals surface area contributed by atoms with Crippen molar-refractivity contribution in [3.63, 3.8) is 0 Å². The molecule has 0 heterocycles. The first-order valence-electron chi connectivity index (χ1n) is 9.03. The van der Waals surface area contributed by atoms with Gasteiger partial charge in [-0.25, -0.2) is 0 Å². The van der Waals surface area contributed by atoms with Crippen molar-refractivity contribution in [1.82, 2.24) is 0 Å². The second-order valence-corrected chi connectivity index (χ2v) is 8.61. The number of hydrogen-bond acceptors (Lipinski definition) is 5. The Balaban J connectivity index is 0.000000359. The molecule has 0 unspecified atom stereocenters. The van der Waals surface area contributed by atoms with E-state index in [2.05, 4.69) is 13.8 Å². The molecule has 8 nitrogen and oxygen atoms in total. The van der Waals surface area contributed by atoms with Crippen LogP contribution in [0.5, 0.6) is 0 Å². The van der Waals surface area contributed by atoms with Crippen LogP contribution >= 0.6 is 0 Å². The molecule has 2 aliphatic rings. The normalized spacial score (nSPS) is 12.4. The van der Waals surface area contributed by atoms with Gasteiger partial charge in [-0.05, 0) is 54.5 Å². The van der Waals surface area contributed by atoms with E-state index in [1.54, 1.807) is 0 Å². The topological polar surface area (TPSA) is 161 Å². The minimum Gasteiger partial charge on any atom is -0.480 e. The van der Waals surface area contributed by atoms with E-state index < -0.39 is 28.0 Å². The maximum absolute atomic E-state index is 11.5. The minimum absolute atomic E-state index is 0.00315. The van der Waals surface area contributed by atoms with Gasteiger partial charge in [-0.2, -0.15) is 8.42 Å². The highest BCUT2D eigenvalue weighted by atomic mass is 32.2. The number of primary amides is 1. The first-order chi connectivity index (χ1) is 13.3. The average Bonchev–Trinajstić information content (AvgIpc) is 2.82. The lowest BCUT2D eigenvalue weighted by molar-refractivity contribution is -0.138. The number of hydrogen-bond donors (Lipinski definition) is 4. The second-order valence-electron chi connectivity index (χ2n) is 7.22. The molecule has 6 N–H and O–H groups in total. The fraction of sp³-hybridized carbons (Fsp3) is 0.400. The quantitative estimate of drug-likeness (QED) is 0.518. The number of carboxylic acid groups (broad SMARTS) is 1. The summed E-state index contributed by atoms with van der Waals surface area (Å²) in [4.78, 5) is 20.1. The Morgan fingerprint density at radius 2 is 1.69 bits per heavy atom. The van der Waals surface area contributed by atoms with Gasteiger partial charge in [0.25, 0.3) is 10.1 Å². The fourth-order valence-corrected chi connectivity index (χ4v) is 3.63. The van der Waals surface area contributed by atoms with E-state index >= 15 is 0 Å². The smallest absolute Gasteiger partial charge is 0.320 e. The van der Waals surface area contributed by atoms with Crippen molar-refractivity contribution in [3.8, 4) is 11.1 Å². The van der Waals surface area contributed by atoms with Crippen LogP contribution in [0, 0.1) is 13.8 Å². The van der Waals surface area contributed by atoms with Gasteiger partial charge in [0.15, 0.2) is 0 Å². The first kappa shape index (κ1) is 24.5.